The van der Waals surface area contributed by atoms with E-state index in [1.54, 1.807) is 35.2 Å². The predicted molar refractivity (Wildman–Crippen MR) is 132 cm³/mol. The molecule has 0 unspecified atom stereocenters. The van der Waals surface area contributed by atoms with E-state index in [2.05, 4.69) is 4.98 Å². The molecule has 0 spiro atoms. The Labute approximate surface area is 201 Å². The third-order valence-electron chi connectivity index (χ3n) is 6.41. The predicted octanol–water partition coefficient (Wildman–Crippen LogP) is 4.48. The van der Waals surface area contributed by atoms with Crippen LogP contribution in [0.1, 0.15) is 34.6 Å². The van der Waals surface area contributed by atoms with Gasteiger partial charge in [-0.15, -0.1) is 0 Å². The van der Waals surface area contributed by atoms with Crippen molar-refractivity contribution in [1.82, 2.24) is 9.88 Å². The molecule has 8 heteroatoms. The maximum Gasteiger partial charge on any atom is 0.254 e. The lowest BCUT2D eigenvalue weighted by Gasteiger charge is -2.35. The number of rotatable bonds is 4. The van der Waals surface area contributed by atoms with Gasteiger partial charge < -0.3 is 25.1 Å². The summed E-state index contributed by atoms with van der Waals surface area (Å²) in [6.45, 7) is 4.96. The van der Waals surface area contributed by atoms with Crippen molar-refractivity contribution in [3.8, 4) is 16.9 Å². The summed E-state index contributed by atoms with van der Waals surface area (Å²) in [5.74, 6) is -1.04. The normalized spacial score (nSPS) is 18.2. The van der Waals surface area contributed by atoms with Gasteiger partial charge in [-0.1, -0.05) is 12.1 Å². The summed E-state index contributed by atoms with van der Waals surface area (Å²) in [5, 5.41) is 1.59. The van der Waals surface area contributed by atoms with Crippen molar-refractivity contribution in [3.05, 3.63) is 65.5 Å². The number of halogens is 1. The van der Waals surface area contributed by atoms with Crippen LogP contribution in [0.2, 0.25) is 0 Å². The lowest BCUT2D eigenvalue weighted by atomic mass is 9.98. The first-order chi connectivity index (χ1) is 16.7. The molecule has 2 heterocycles. The number of methoxy groups -OCH3 is 1. The van der Waals surface area contributed by atoms with E-state index in [0.29, 0.717) is 40.8 Å². The van der Waals surface area contributed by atoms with Crippen LogP contribution < -0.4 is 10.5 Å². The van der Waals surface area contributed by atoms with E-state index in [-0.39, 0.29) is 29.4 Å². The average molecular weight is 476 g/mol. The number of amides is 2. The fraction of sp³-hybridized carbons (Fsp3) is 0.259. The largest absolute Gasteiger partial charge is 0.494 e. The average Bonchev–Trinajstić information content (AvgIpc) is 3.19. The zero-order valence-corrected chi connectivity index (χ0v) is 19.7. The highest BCUT2D eigenvalue weighted by Crippen LogP contribution is 2.34. The molecule has 1 fully saturated rings. The Kier molecular flexibility index (Phi) is 5.68. The second-order valence-corrected chi connectivity index (χ2v) is 9.01. The summed E-state index contributed by atoms with van der Waals surface area (Å²) >= 11 is 0. The standard InChI is InChI=1S/C27H26FN3O4/c1-14-12-31(13-15(2)35-14)27(33)17-4-6-19-20-8-18(16-5-7-24(34-3)22(28)10-16)9-21(26(29)32)25(20)30-23(19)11-17/h4-11,14-15,30H,12-13H2,1-3H3,(H2,29,32)/t14-,15+. The first-order valence-electron chi connectivity index (χ1n) is 11.4. The van der Waals surface area contributed by atoms with E-state index in [1.165, 1.54) is 13.2 Å². The molecule has 1 saturated heterocycles. The van der Waals surface area contributed by atoms with E-state index in [4.69, 9.17) is 15.2 Å². The van der Waals surface area contributed by atoms with E-state index in [9.17, 15) is 14.0 Å². The van der Waals surface area contributed by atoms with E-state index in [1.807, 2.05) is 26.0 Å². The zero-order valence-electron chi connectivity index (χ0n) is 19.7. The molecule has 1 aromatic heterocycles. The molecule has 0 bridgehead atoms. The maximum atomic E-state index is 14.4. The fourth-order valence-corrected chi connectivity index (χ4v) is 4.87. The first kappa shape index (κ1) is 22.9. The summed E-state index contributed by atoms with van der Waals surface area (Å²) in [7, 11) is 1.40. The molecule has 4 aromatic rings. The number of aromatic nitrogens is 1. The van der Waals surface area contributed by atoms with Gasteiger partial charge in [-0.3, -0.25) is 9.59 Å². The molecule has 5 rings (SSSR count). The number of ether oxygens (including phenoxy) is 2. The fourth-order valence-electron chi connectivity index (χ4n) is 4.87. The maximum absolute atomic E-state index is 14.4. The summed E-state index contributed by atoms with van der Waals surface area (Å²) in [5.41, 5.74) is 9.04. The molecule has 3 aromatic carbocycles. The molecular formula is C27H26FN3O4. The van der Waals surface area contributed by atoms with Crippen LogP contribution in [0.4, 0.5) is 4.39 Å². The number of fused-ring (bicyclic) bond motifs is 3. The number of morpholine rings is 1. The van der Waals surface area contributed by atoms with Crippen LogP contribution >= 0.6 is 0 Å². The molecule has 180 valence electrons. The molecule has 3 N–H and O–H groups in total. The number of carbonyl (C=O) groups is 2. The summed E-state index contributed by atoms with van der Waals surface area (Å²) in [6.07, 6.45) is -0.0577. The van der Waals surface area contributed by atoms with Crippen molar-refractivity contribution in [1.29, 1.82) is 0 Å². The van der Waals surface area contributed by atoms with Gasteiger partial charge in [-0.25, -0.2) is 4.39 Å². The summed E-state index contributed by atoms with van der Waals surface area (Å²) in [4.78, 5) is 30.6. The molecule has 35 heavy (non-hydrogen) atoms. The minimum atomic E-state index is -0.606. The molecule has 0 saturated carbocycles. The van der Waals surface area contributed by atoms with Gasteiger partial charge in [0.1, 0.15) is 0 Å². The van der Waals surface area contributed by atoms with Gasteiger partial charge in [0.25, 0.3) is 11.8 Å². The third kappa shape index (κ3) is 4.10. The van der Waals surface area contributed by atoms with Gasteiger partial charge in [0, 0.05) is 34.9 Å². The van der Waals surface area contributed by atoms with Gasteiger partial charge in [0.2, 0.25) is 0 Å². The van der Waals surface area contributed by atoms with Crippen molar-refractivity contribution in [2.75, 3.05) is 20.2 Å². The number of aromatic amines is 1. The molecule has 0 aliphatic carbocycles. The topological polar surface area (TPSA) is 97.7 Å². The highest BCUT2D eigenvalue weighted by Gasteiger charge is 2.27. The lowest BCUT2D eigenvalue weighted by molar-refractivity contribution is -0.0586. The highest BCUT2D eigenvalue weighted by molar-refractivity contribution is 6.17. The smallest absolute Gasteiger partial charge is 0.254 e. The molecule has 2 atom stereocenters. The Balaban J connectivity index is 1.61. The number of hydrogen-bond acceptors (Lipinski definition) is 4. The number of primary amides is 1. The number of nitrogens with two attached hydrogens (primary N) is 1. The molecule has 0 radical (unpaired) electrons. The quantitative estimate of drug-likeness (QED) is 0.455. The number of H-pyrrole nitrogens is 1. The van der Waals surface area contributed by atoms with Crippen LogP contribution in [0.5, 0.6) is 5.75 Å². The van der Waals surface area contributed by atoms with Crippen LogP contribution in [-0.4, -0.2) is 54.1 Å². The highest BCUT2D eigenvalue weighted by atomic mass is 19.1. The Morgan fingerprint density at radius 3 is 2.43 bits per heavy atom. The number of hydrogen-bond donors (Lipinski definition) is 2. The molecule has 7 nitrogen and oxygen atoms in total. The van der Waals surface area contributed by atoms with Crippen LogP contribution in [0.15, 0.2) is 48.5 Å². The summed E-state index contributed by atoms with van der Waals surface area (Å²) < 4.78 is 25.1. The number of nitrogens with one attached hydrogen (secondary N) is 1. The second kappa shape index (κ2) is 8.70. The number of nitrogens with zero attached hydrogens (tertiary/aromatic N) is 1. The van der Waals surface area contributed by atoms with E-state index >= 15 is 0 Å². The molecular weight excluding hydrogens is 449 g/mol. The monoisotopic (exact) mass is 475 g/mol. The van der Waals surface area contributed by atoms with Crippen molar-refractivity contribution in [2.45, 2.75) is 26.1 Å². The minimum Gasteiger partial charge on any atom is -0.494 e. The van der Waals surface area contributed by atoms with Crippen molar-refractivity contribution in [3.63, 3.8) is 0 Å². The Morgan fingerprint density at radius 1 is 1.03 bits per heavy atom. The second-order valence-electron chi connectivity index (χ2n) is 9.01. The lowest BCUT2D eigenvalue weighted by Crippen LogP contribution is -2.48. The van der Waals surface area contributed by atoms with Crippen molar-refractivity contribution >= 4 is 33.6 Å². The van der Waals surface area contributed by atoms with Crippen LogP contribution in [0.25, 0.3) is 32.9 Å². The molecule has 2 amide bonds. The Bertz CT molecular complexity index is 1470. The number of carbonyl (C=O) groups excluding carboxylic acids is 2. The number of benzene rings is 3. The summed E-state index contributed by atoms with van der Waals surface area (Å²) in [6, 6.07) is 13.6. The molecule has 1 aliphatic heterocycles. The van der Waals surface area contributed by atoms with E-state index in [0.717, 1.165) is 10.8 Å². The Morgan fingerprint density at radius 2 is 1.77 bits per heavy atom. The van der Waals surface area contributed by atoms with Crippen molar-refractivity contribution < 1.29 is 23.5 Å². The van der Waals surface area contributed by atoms with Gasteiger partial charge in [0.05, 0.1) is 30.4 Å². The van der Waals surface area contributed by atoms with Gasteiger partial charge in [-0.05, 0) is 61.4 Å². The van der Waals surface area contributed by atoms with Crippen LogP contribution in [0.3, 0.4) is 0 Å². The zero-order chi connectivity index (χ0) is 24.9. The third-order valence-corrected chi connectivity index (χ3v) is 6.41. The van der Waals surface area contributed by atoms with E-state index < -0.39 is 11.7 Å². The van der Waals surface area contributed by atoms with Gasteiger partial charge in [0.15, 0.2) is 11.6 Å². The van der Waals surface area contributed by atoms with Gasteiger partial charge >= 0.3 is 0 Å². The first-order valence-corrected chi connectivity index (χ1v) is 11.4. The SMILES string of the molecule is COc1ccc(-c2cc(C(N)=O)c3[nH]c4cc(C(=O)N5C[C@@H](C)O[C@@H](C)C5)ccc4c3c2)cc1F. The van der Waals surface area contributed by atoms with Gasteiger partial charge in [-0.2, -0.15) is 0 Å². The van der Waals surface area contributed by atoms with Crippen LogP contribution in [0, 0.1) is 5.82 Å². The van der Waals surface area contributed by atoms with Crippen LogP contribution in [-0.2, 0) is 4.74 Å². The van der Waals surface area contributed by atoms with Crippen molar-refractivity contribution in [2.24, 2.45) is 5.73 Å². The minimum absolute atomic E-state index is 0.0288. The molecule has 1 aliphatic rings. The Hall–Kier alpha value is -3.91.